The molecule has 2 aromatic heterocycles. The lowest BCUT2D eigenvalue weighted by molar-refractivity contribution is 0.0989. The number of anilines is 2. The first-order valence-corrected chi connectivity index (χ1v) is 10.6. The first-order chi connectivity index (χ1) is 15.1. The van der Waals surface area contributed by atoms with Crippen LogP contribution in [0.1, 0.15) is 24.9 Å². The number of carbonyl (C=O) groups excluding carboxylic acids is 1. The van der Waals surface area contributed by atoms with Crippen molar-refractivity contribution in [3.05, 3.63) is 48.2 Å². The number of nitrogens with zero attached hydrogens (tertiary/aromatic N) is 3. The third-order valence-corrected chi connectivity index (χ3v) is 6.14. The van der Waals surface area contributed by atoms with E-state index in [4.69, 9.17) is 4.74 Å². The molecule has 9 nitrogen and oxygen atoms in total. The summed E-state index contributed by atoms with van der Waals surface area (Å²) in [6, 6.07) is 11.1. The molecule has 5 rings (SSSR count). The first kappa shape index (κ1) is 19.8. The smallest absolute Gasteiger partial charge is 0.320 e. The van der Waals surface area contributed by atoms with Gasteiger partial charge in [-0.2, -0.15) is 5.10 Å². The Kier molecular flexibility index (Phi) is 5.21. The van der Waals surface area contributed by atoms with Gasteiger partial charge in [0.15, 0.2) is 5.82 Å². The SMILES string of the molecule is CC(CO)[C@H](NC(=O)Nc1cc2[nH]nc(N3CC4CC3CO4)c2cn1)c1ccccc1. The molecule has 2 amide bonds. The van der Waals surface area contributed by atoms with Crippen LogP contribution < -0.4 is 15.5 Å². The van der Waals surface area contributed by atoms with Crippen molar-refractivity contribution in [1.82, 2.24) is 20.5 Å². The molecule has 1 aromatic carbocycles. The van der Waals surface area contributed by atoms with Crippen molar-refractivity contribution in [1.29, 1.82) is 0 Å². The third kappa shape index (κ3) is 3.82. The van der Waals surface area contributed by atoms with Crippen molar-refractivity contribution in [2.75, 3.05) is 30.0 Å². The van der Waals surface area contributed by atoms with E-state index in [2.05, 4.69) is 30.7 Å². The highest BCUT2D eigenvalue weighted by atomic mass is 16.5. The topological polar surface area (TPSA) is 115 Å². The van der Waals surface area contributed by atoms with Gasteiger partial charge >= 0.3 is 6.03 Å². The highest BCUT2D eigenvalue weighted by molar-refractivity contribution is 5.94. The van der Waals surface area contributed by atoms with E-state index >= 15 is 0 Å². The second kappa shape index (κ2) is 8.16. The Morgan fingerprint density at radius 3 is 2.94 bits per heavy atom. The molecule has 0 radical (unpaired) electrons. The molecule has 4 atom stereocenters. The Labute approximate surface area is 179 Å². The van der Waals surface area contributed by atoms with Crippen LogP contribution in [0.4, 0.5) is 16.4 Å². The summed E-state index contributed by atoms with van der Waals surface area (Å²) in [6.45, 7) is 3.44. The zero-order valence-electron chi connectivity index (χ0n) is 17.3. The van der Waals surface area contributed by atoms with Gasteiger partial charge in [0.05, 0.1) is 35.7 Å². The minimum absolute atomic E-state index is 0.0373. The number of urea groups is 1. The zero-order chi connectivity index (χ0) is 21.4. The molecule has 162 valence electrons. The average Bonchev–Trinajstić information content (AvgIpc) is 3.52. The molecule has 31 heavy (non-hydrogen) atoms. The summed E-state index contributed by atoms with van der Waals surface area (Å²) in [6.07, 6.45) is 3.06. The lowest BCUT2D eigenvalue weighted by atomic mass is 9.95. The van der Waals surface area contributed by atoms with Crippen LogP contribution in [0.3, 0.4) is 0 Å². The summed E-state index contributed by atoms with van der Waals surface area (Å²) in [5.41, 5.74) is 1.75. The average molecular weight is 422 g/mol. The van der Waals surface area contributed by atoms with Crippen LogP contribution >= 0.6 is 0 Å². The number of aliphatic hydroxyl groups excluding tert-OH is 1. The van der Waals surface area contributed by atoms with Crippen molar-refractivity contribution in [3.63, 3.8) is 0 Å². The van der Waals surface area contributed by atoms with Gasteiger partial charge < -0.3 is 20.1 Å². The van der Waals surface area contributed by atoms with Crippen molar-refractivity contribution < 1.29 is 14.6 Å². The van der Waals surface area contributed by atoms with Crippen LogP contribution in [-0.4, -0.2) is 58.2 Å². The molecule has 0 aliphatic carbocycles. The standard InChI is InChI=1S/C22H26N6O3/c1-13(11-29)20(14-5-3-2-4-6-14)25-22(30)24-19-8-18-17(9-23-19)21(27-26-18)28-10-16-7-15(28)12-31-16/h2-6,8-9,13,15-16,20,29H,7,10-12H2,1H3,(H,26,27)(H2,23,24,25,30)/t13?,15?,16?,20-/m0/s1. The number of morpholine rings is 1. The molecule has 9 heteroatoms. The zero-order valence-corrected chi connectivity index (χ0v) is 17.3. The third-order valence-electron chi connectivity index (χ3n) is 6.14. The number of benzene rings is 1. The van der Waals surface area contributed by atoms with Gasteiger partial charge in [0.25, 0.3) is 0 Å². The van der Waals surface area contributed by atoms with Crippen LogP contribution in [0.25, 0.3) is 10.9 Å². The summed E-state index contributed by atoms with van der Waals surface area (Å²) in [7, 11) is 0. The van der Waals surface area contributed by atoms with Crippen LogP contribution in [0.15, 0.2) is 42.6 Å². The van der Waals surface area contributed by atoms with Gasteiger partial charge in [-0.1, -0.05) is 37.3 Å². The largest absolute Gasteiger partial charge is 0.396 e. The Bertz CT molecular complexity index is 1070. The number of aromatic amines is 1. The van der Waals surface area contributed by atoms with E-state index in [1.807, 2.05) is 37.3 Å². The fraction of sp³-hybridized carbons (Fsp3) is 0.409. The van der Waals surface area contributed by atoms with Gasteiger partial charge in [-0.05, 0) is 12.0 Å². The number of hydrogen-bond acceptors (Lipinski definition) is 6. The van der Waals surface area contributed by atoms with Gasteiger partial charge in [-0.3, -0.25) is 10.4 Å². The van der Waals surface area contributed by atoms with Crippen molar-refractivity contribution in [2.24, 2.45) is 5.92 Å². The monoisotopic (exact) mass is 422 g/mol. The lowest BCUT2D eigenvalue weighted by Crippen LogP contribution is -2.37. The van der Waals surface area contributed by atoms with Crippen LogP contribution in [0.2, 0.25) is 0 Å². The van der Waals surface area contributed by atoms with Crippen LogP contribution in [-0.2, 0) is 4.74 Å². The Hall–Kier alpha value is -3.17. The molecular formula is C22H26N6O3. The number of aromatic nitrogens is 3. The summed E-state index contributed by atoms with van der Waals surface area (Å²) < 4.78 is 5.68. The summed E-state index contributed by atoms with van der Waals surface area (Å²) in [4.78, 5) is 19.4. The molecule has 2 saturated heterocycles. The Balaban J connectivity index is 1.30. The van der Waals surface area contributed by atoms with Gasteiger partial charge in [0.2, 0.25) is 0 Å². The minimum atomic E-state index is -0.380. The molecule has 0 saturated carbocycles. The van der Waals surface area contributed by atoms with Crippen molar-refractivity contribution in [2.45, 2.75) is 31.5 Å². The predicted molar refractivity (Wildman–Crippen MR) is 117 cm³/mol. The van der Waals surface area contributed by atoms with Crippen LogP contribution in [0.5, 0.6) is 0 Å². The maximum absolute atomic E-state index is 12.7. The fourth-order valence-corrected chi connectivity index (χ4v) is 4.46. The molecule has 3 unspecified atom stereocenters. The number of pyridine rings is 1. The minimum Gasteiger partial charge on any atom is -0.396 e. The number of nitrogens with one attached hydrogen (secondary N) is 3. The van der Waals surface area contributed by atoms with Crippen LogP contribution in [0, 0.1) is 5.92 Å². The first-order valence-electron chi connectivity index (χ1n) is 10.6. The van der Waals surface area contributed by atoms with Gasteiger partial charge in [0.1, 0.15) is 5.82 Å². The van der Waals surface area contributed by atoms with E-state index in [0.29, 0.717) is 11.9 Å². The molecule has 4 N–H and O–H groups in total. The van der Waals surface area contributed by atoms with E-state index in [0.717, 1.165) is 41.9 Å². The number of amides is 2. The Morgan fingerprint density at radius 2 is 2.23 bits per heavy atom. The van der Waals surface area contributed by atoms with E-state index in [-0.39, 0.29) is 30.7 Å². The van der Waals surface area contributed by atoms with E-state index in [1.165, 1.54) is 0 Å². The molecule has 2 aliphatic heterocycles. The molecule has 2 fully saturated rings. The molecule has 0 spiro atoms. The molecule has 3 aromatic rings. The summed E-state index contributed by atoms with van der Waals surface area (Å²) in [5, 5.41) is 23.8. The van der Waals surface area contributed by atoms with Crippen molar-refractivity contribution in [3.8, 4) is 0 Å². The van der Waals surface area contributed by atoms with E-state index in [1.54, 1.807) is 12.3 Å². The highest BCUT2D eigenvalue weighted by Crippen LogP contribution is 2.35. The van der Waals surface area contributed by atoms with Gasteiger partial charge in [0, 0.05) is 31.3 Å². The molecule has 2 bridgehead atoms. The lowest BCUT2D eigenvalue weighted by Gasteiger charge is -2.26. The fourth-order valence-electron chi connectivity index (χ4n) is 4.46. The number of rotatable bonds is 6. The maximum Gasteiger partial charge on any atom is 0.320 e. The molecule has 2 aliphatic rings. The second-order valence-corrected chi connectivity index (χ2v) is 8.31. The normalized spacial score (nSPS) is 21.9. The summed E-state index contributed by atoms with van der Waals surface area (Å²) in [5.74, 6) is 1.17. The predicted octanol–water partition coefficient (Wildman–Crippen LogP) is 2.43. The van der Waals surface area contributed by atoms with E-state index in [9.17, 15) is 9.90 Å². The molecular weight excluding hydrogens is 396 g/mol. The van der Waals surface area contributed by atoms with E-state index < -0.39 is 0 Å². The summed E-state index contributed by atoms with van der Waals surface area (Å²) >= 11 is 0. The number of ether oxygens (including phenoxy) is 1. The quantitative estimate of drug-likeness (QED) is 0.485. The number of hydrogen-bond donors (Lipinski definition) is 4. The number of H-pyrrole nitrogens is 1. The number of carbonyl (C=O) groups is 1. The number of fused-ring (bicyclic) bond motifs is 3. The van der Waals surface area contributed by atoms with Crippen molar-refractivity contribution >= 4 is 28.6 Å². The molecule has 4 heterocycles. The Morgan fingerprint density at radius 1 is 1.39 bits per heavy atom. The van der Waals surface area contributed by atoms with Gasteiger partial charge in [-0.25, -0.2) is 9.78 Å². The second-order valence-electron chi connectivity index (χ2n) is 8.31. The van der Waals surface area contributed by atoms with Gasteiger partial charge in [-0.15, -0.1) is 0 Å². The highest BCUT2D eigenvalue weighted by Gasteiger charge is 2.40. The maximum atomic E-state index is 12.7. The number of aliphatic hydroxyl groups is 1.